The van der Waals surface area contributed by atoms with Gasteiger partial charge in [-0.1, -0.05) is 0 Å². The number of benzene rings is 1. The van der Waals surface area contributed by atoms with Crippen LogP contribution in [-0.2, 0) is 0 Å². The number of rotatable bonds is 6. The van der Waals surface area contributed by atoms with Gasteiger partial charge in [0, 0.05) is 36.0 Å². The van der Waals surface area contributed by atoms with E-state index in [4.69, 9.17) is 4.74 Å². The fourth-order valence-electron chi connectivity index (χ4n) is 3.22. The molecule has 2 amide bonds. The van der Waals surface area contributed by atoms with E-state index in [0.29, 0.717) is 18.1 Å². The molecular weight excluding hydrogens is 360 g/mol. The van der Waals surface area contributed by atoms with Crippen molar-refractivity contribution in [3.63, 3.8) is 0 Å². The number of piperidine rings is 1. The van der Waals surface area contributed by atoms with Crippen molar-refractivity contribution >= 4 is 23.2 Å². The van der Waals surface area contributed by atoms with E-state index in [1.807, 2.05) is 47.7 Å². The van der Waals surface area contributed by atoms with Crippen molar-refractivity contribution in [1.29, 1.82) is 0 Å². The van der Waals surface area contributed by atoms with E-state index >= 15 is 0 Å². The van der Waals surface area contributed by atoms with Crippen LogP contribution in [0.25, 0.3) is 0 Å². The Morgan fingerprint density at radius 2 is 2.00 bits per heavy atom. The first-order chi connectivity index (χ1) is 13.0. The SMILES string of the molecule is CC(C)NC(=O)c1ccc(OCC2CCCN(C(=O)c3ccsc3)C2)cc1. The van der Waals surface area contributed by atoms with Gasteiger partial charge in [0.1, 0.15) is 5.75 Å². The molecule has 1 fully saturated rings. The third kappa shape index (κ3) is 5.32. The Hall–Kier alpha value is -2.34. The van der Waals surface area contributed by atoms with Crippen molar-refractivity contribution in [3.8, 4) is 5.75 Å². The number of thiophene rings is 1. The molecule has 1 aliphatic rings. The van der Waals surface area contributed by atoms with Crippen LogP contribution in [0, 0.1) is 5.92 Å². The van der Waals surface area contributed by atoms with E-state index in [2.05, 4.69) is 5.32 Å². The van der Waals surface area contributed by atoms with Gasteiger partial charge < -0.3 is 15.0 Å². The maximum Gasteiger partial charge on any atom is 0.254 e. The van der Waals surface area contributed by atoms with Crippen LogP contribution >= 0.6 is 11.3 Å². The largest absolute Gasteiger partial charge is 0.493 e. The summed E-state index contributed by atoms with van der Waals surface area (Å²) in [5.74, 6) is 1.11. The Morgan fingerprint density at radius 1 is 1.22 bits per heavy atom. The van der Waals surface area contributed by atoms with Crippen LogP contribution < -0.4 is 10.1 Å². The molecule has 6 heteroatoms. The Morgan fingerprint density at radius 3 is 2.67 bits per heavy atom. The lowest BCUT2D eigenvalue weighted by molar-refractivity contribution is 0.0634. The van der Waals surface area contributed by atoms with Gasteiger partial charge in [-0.15, -0.1) is 0 Å². The van der Waals surface area contributed by atoms with Crippen LogP contribution in [0.3, 0.4) is 0 Å². The first kappa shape index (κ1) is 19.4. The second-order valence-electron chi connectivity index (χ2n) is 7.23. The van der Waals surface area contributed by atoms with Gasteiger partial charge in [-0.3, -0.25) is 9.59 Å². The number of likely N-dealkylation sites (tertiary alicyclic amines) is 1. The predicted octanol–water partition coefficient (Wildman–Crippen LogP) is 3.82. The zero-order valence-corrected chi connectivity index (χ0v) is 16.6. The topological polar surface area (TPSA) is 58.6 Å². The second kappa shape index (κ2) is 9.04. The fourth-order valence-corrected chi connectivity index (χ4v) is 3.85. The Bertz CT molecular complexity index is 756. The number of carbonyl (C=O) groups is 2. The minimum Gasteiger partial charge on any atom is -0.493 e. The van der Waals surface area contributed by atoms with Crippen molar-refractivity contribution in [1.82, 2.24) is 10.2 Å². The molecule has 5 nitrogen and oxygen atoms in total. The monoisotopic (exact) mass is 386 g/mol. The third-order valence-corrected chi connectivity index (χ3v) is 5.28. The predicted molar refractivity (Wildman–Crippen MR) is 107 cm³/mol. The summed E-state index contributed by atoms with van der Waals surface area (Å²) in [6, 6.07) is 9.20. The van der Waals surface area contributed by atoms with E-state index in [1.54, 1.807) is 23.5 Å². The van der Waals surface area contributed by atoms with E-state index in [-0.39, 0.29) is 17.9 Å². The molecule has 1 aliphatic heterocycles. The lowest BCUT2D eigenvalue weighted by atomic mass is 9.98. The van der Waals surface area contributed by atoms with Crippen molar-refractivity contribution in [2.45, 2.75) is 32.7 Å². The molecule has 2 heterocycles. The smallest absolute Gasteiger partial charge is 0.254 e. The maximum atomic E-state index is 12.5. The lowest BCUT2D eigenvalue weighted by Gasteiger charge is -2.32. The second-order valence-corrected chi connectivity index (χ2v) is 8.02. The quantitative estimate of drug-likeness (QED) is 0.821. The Labute approximate surface area is 164 Å². The van der Waals surface area contributed by atoms with Crippen molar-refractivity contribution < 1.29 is 14.3 Å². The maximum absolute atomic E-state index is 12.5. The highest BCUT2D eigenvalue weighted by Crippen LogP contribution is 2.21. The molecule has 1 aromatic heterocycles. The van der Waals surface area contributed by atoms with Crippen molar-refractivity contribution in [2.24, 2.45) is 5.92 Å². The van der Waals surface area contributed by atoms with Crippen LogP contribution in [-0.4, -0.2) is 42.5 Å². The minimum atomic E-state index is -0.0774. The van der Waals surface area contributed by atoms with Crippen LogP contribution in [0.5, 0.6) is 5.75 Å². The third-order valence-electron chi connectivity index (χ3n) is 4.60. The highest BCUT2D eigenvalue weighted by atomic mass is 32.1. The van der Waals surface area contributed by atoms with Crippen molar-refractivity contribution in [3.05, 3.63) is 52.2 Å². The number of amides is 2. The van der Waals surface area contributed by atoms with E-state index < -0.39 is 0 Å². The van der Waals surface area contributed by atoms with Gasteiger partial charge in [0.2, 0.25) is 0 Å². The average Bonchev–Trinajstić information content (AvgIpc) is 3.20. The number of hydrogen-bond donors (Lipinski definition) is 1. The van der Waals surface area contributed by atoms with Gasteiger partial charge in [0.05, 0.1) is 12.2 Å². The summed E-state index contributed by atoms with van der Waals surface area (Å²) in [6.45, 7) is 5.98. The summed E-state index contributed by atoms with van der Waals surface area (Å²) < 4.78 is 5.91. The van der Waals surface area contributed by atoms with E-state index in [9.17, 15) is 9.59 Å². The summed E-state index contributed by atoms with van der Waals surface area (Å²) in [4.78, 5) is 26.4. The van der Waals surface area contributed by atoms with Crippen LogP contribution in [0.4, 0.5) is 0 Å². The standard InChI is InChI=1S/C21H26N2O3S/c1-15(2)22-20(24)17-5-7-19(8-6-17)26-13-16-4-3-10-23(12-16)21(25)18-9-11-27-14-18/h5-9,11,14-16H,3-4,10,12-13H2,1-2H3,(H,22,24). The molecular formula is C21H26N2O3S. The molecule has 1 saturated heterocycles. The fraction of sp³-hybridized carbons (Fsp3) is 0.429. The molecule has 0 bridgehead atoms. The molecule has 1 unspecified atom stereocenters. The van der Waals surface area contributed by atoms with E-state index in [0.717, 1.165) is 37.2 Å². The first-order valence-corrected chi connectivity index (χ1v) is 10.3. The highest BCUT2D eigenvalue weighted by Gasteiger charge is 2.25. The van der Waals surface area contributed by atoms with Crippen LogP contribution in [0.15, 0.2) is 41.1 Å². The minimum absolute atomic E-state index is 0.0774. The number of carbonyl (C=O) groups excluding carboxylic acids is 2. The number of nitrogens with one attached hydrogen (secondary N) is 1. The summed E-state index contributed by atoms with van der Waals surface area (Å²) in [7, 11) is 0. The molecule has 0 spiro atoms. The van der Waals surface area contributed by atoms with Gasteiger partial charge in [-0.2, -0.15) is 11.3 Å². The molecule has 1 N–H and O–H groups in total. The van der Waals surface area contributed by atoms with Gasteiger partial charge in [-0.25, -0.2) is 0 Å². The van der Waals surface area contributed by atoms with Crippen molar-refractivity contribution in [2.75, 3.05) is 19.7 Å². The molecule has 0 radical (unpaired) electrons. The molecule has 27 heavy (non-hydrogen) atoms. The molecule has 3 rings (SSSR count). The summed E-state index contributed by atoms with van der Waals surface area (Å²) in [5.41, 5.74) is 1.40. The number of ether oxygens (including phenoxy) is 1. The van der Waals surface area contributed by atoms with Gasteiger partial charge >= 0.3 is 0 Å². The van der Waals surface area contributed by atoms with Gasteiger partial charge in [-0.05, 0) is 62.4 Å². The summed E-state index contributed by atoms with van der Waals surface area (Å²) in [5, 5.41) is 6.71. The highest BCUT2D eigenvalue weighted by molar-refractivity contribution is 7.08. The summed E-state index contributed by atoms with van der Waals surface area (Å²) >= 11 is 1.55. The molecule has 0 saturated carbocycles. The lowest BCUT2D eigenvalue weighted by Crippen LogP contribution is -2.41. The van der Waals surface area contributed by atoms with E-state index in [1.165, 1.54) is 0 Å². The zero-order chi connectivity index (χ0) is 19.2. The van der Waals surface area contributed by atoms with Crippen LogP contribution in [0.2, 0.25) is 0 Å². The molecule has 0 aliphatic carbocycles. The molecule has 144 valence electrons. The van der Waals surface area contributed by atoms with Gasteiger partial charge in [0.25, 0.3) is 11.8 Å². The molecule has 1 atom stereocenters. The van der Waals surface area contributed by atoms with Crippen LogP contribution in [0.1, 0.15) is 47.4 Å². The average molecular weight is 387 g/mol. The normalized spacial score (nSPS) is 17.0. The number of hydrogen-bond acceptors (Lipinski definition) is 4. The first-order valence-electron chi connectivity index (χ1n) is 9.38. The Balaban J connectivity index is 1.51. The molecule has 1 aromatic carbocycles. The zero-order valence-electron chi connectivity index (χ0n) is 15.8. The Kier molecular flexibility index (Phi) is 6.50. The van der Waals surface area contributed by atoms with Gasteiger partial charge in [0.15, 0.2) is 0 Å². The summed E-state index contributed by atoms with van der Waals surface area (Å²) in [6.07, 6.45) is 2.06. The molecule has 2 aromatic rings. The number of nitrogens with zero attached hydrogens (tertiary/aromatic N) is 1.